The molecule has 1 unspecified atom stereocenters. The van der Waals surface area contributed by atoms with E-state index in [0.29, 0.717) is 12.1 Å². The summed E-state index contributed by atoms with van der Waals surface area (Å²) in [7, 11) is 0. The van der Waals surface area contributed by atoms with E-state index in [9.17, 15) is 4.39 Å². The van der Waals surface area contributed by atoms with Crippen LogP contribution in [-0.4, -0.2) is 30.1 Å². The highest BCUT2D eigenvalue weighted by molar-refractivity contribution is 5.34. The summed E-state index contributed by atoms with van der Waals surface area (Å²) in [5.41, 5.74) is 1.19. The van der Waals surface area contributed by atoms with Crippen LogP contribution in [-0.2, 0) is 6.54 Å². The van der Waals surface area contributed by atoms with E-state index in [2.05, 4.69) is 10.2 Å². The SMILES string of the molecule is N#Cc1cc(CN(CC2CCCCN2)C2CC2)ccc1F. The summed E-state index contributed by atoms with van der Waals surface area (Å²) in [6.07, 6.45) is 6.36. The molecule has 1 atom stereocenters. The molecule has 0 radical (unpaired) electrons. The Labute approximate surface area is 125 Å². The zero-order chi connectivity index (χ0) is 14.7. The minimum absolute atomic E-state index is 0.152. The quantitative estimate of drug-likeness (QED) is 0.905. The average Bonchev–Trinajstić information content (AvgIpc) is 3.34. The molecule has 112 valence electrons. The van der Waals surface area contributed by atoms with E-state index < -0.39 is 5.82 Å². The zero-order valence-corrected chi connectivity index (χ0v) is 12.3. The standard InChI is InChI=1S/C17H22FN3/c18-17-7-4-13(9-14(17)10-19)11-21(16-5-6-16)12-15-3-1-2-8-20-15/h4,7,9,15-16,20H,1-3,5-6,8,11-12H2. The van der Waals surface area contributed by atoms with Crippen molar-refractivity contribution in [2.24, 2.45) is 0 Å². The molecule has 1 aromatic rings. The Hall–Kier alpha value is -1.44. The second-order valence-corrected chi connectivity index (χ2v) is 6.23. The Morgan fingerprint density at radius 1 is 1.29 bits per heavy atom. The third-order valence-electron chi connectivity index (χ3n) is 4.47. The fraction of sp³-hybridized carbons (Fsp3) is 0.588. The first-order valence-electron chi connectivity index (χ1n) is 7.92. The monoisotopic (exact) mass is 287 g/mol. The second-order valence-electron chi connectivity index (χ2n) is 6.23. The van der Waals surface area contributed by atoms with Crippen LogP contribution < -0.4 is 5.32 Å². The lowest BCUT2D eigenvalue weighted by molar-refractivity contribution is 0.208. The normalized spacial score (nSPS) is 22.2. The van der Waals surface area contributed by atoms with Crippen LogP contribution in [0.2, 0.25) is 0 Å². The molecule has 1 heterocycles. The van der Waals surface area contributed by atoms with Gasteiger partial charge in [0.2, 0.25) is 0 Å². The van der Waals surface area contributed by atoms with Crippen molar-refractivity contribution >= 4 is 0 Å². The molecule has 3 nitrogen and oxygen atoms in total. The first kappa shape index (κ1) is 14.5. The van der Waals surface area contributed by atoms with Crippen LogP contribution in [0.4, 0.5) is 4.39 Å². The number of nitrogens with one attached hydrogen (secondary N) is 1. The first-order valence-corrected chi connectivity index (χ1v) is 7.92. The molecule has 0 aromatic heterocycles. The lowest BCUT2D eigenvalue weighted by Crippen LogP contribution is -2.44. The largest absolute Gasteiger partial charge is 0.313 e. The molecule has 1 aliphatic heterocycles. The van der Waals surface area contributed by atoms with Gasteiger partial charge in [0.1, 0.15) is 11.9 Å². The minimum atomic E-state index is -0.423. The molecule has 1 aromatic carbocycles. The van der Waals surface area contributed by atoms with Crippen molar-refractivity contribution < 1.29 is 4.39 Å². The van der Waals surface area contributed by atoms with Crippen LogP contribution in [0.25, 0.3) is 0 Å². The van der Waals surface area contributed by atoms with Gasteiger partial charge >= 0.3 is 0 Å². The maximum absolute atomic E-state index is 13.4. The molecule has 0 bridgehead atoms. The average molecular weight is 287 g/mol. The summed E-state index contributed by atoms with van der Waals surface area (Å²) in [6.45, 7) is 3.00. The topological polar surface area (TPSA) is 39.1 Å². The van der Waals surface area contributed by atoms with E-state index in [1.165, 1.54) is 38.2 Å². The molecule has 0 amide bonds. The fourth-order valence-electron chi connectivity index (χ4n) is 3.14. The van der Waals surface area contributed by atoms with Gasteiger partial charge in [-0.05, 0) is 49.9 Å². The predicted molar refractivity (Wildman–Crippen MR) is 80.2 cm³/mol. The Morgan fingerprint density at radius 3 is 2.81 bits per heavy atom. The Balaban J connectivity index is 1.66. The molecule has 1 saturated carbocycles. The Kier molecular flexibility index (Phi) is 4.52. The molecule has 2 aliphatic rings. The Bertz CT molecular complexity index is 527. The van der Waals surface area contributed by atoms with Gasteiger partial charge in [0.15, 0.2) is 0 Å². The minimum Gasteiger partial charge on any atom is -0.313 e. The summed E-state index contributed by atoms with van der Waals surface area (Å²) >= 11 is 0. The third kappa shape index (κ3) is 3.81. The number of benzene rings is 1. The van der Waals surface area contributed by atoms with Crippen molar-refractivity contribution in [1.29, 1.82) is 5.26 Å². The van der Waals surface area contributed by atoms with E-state index in [0.717, 1.165) is 25.2 Å². The summed E-state index contributed by atoms with van der Waals surface area (Å²) in [5.74, 6) is -0.423. The van der Waals surface area contributed by atoms with Crippen molar-refractivity contribution in [3.8, 4) is 6.07 Å². The lowest BCUT2D eigenvalue weighted by Gasteiger charge is -2.30. The smallest absolute Gasteiger partial charge is 0.140 e. The van der Waals surface area contributed by atoms with Crippen LogP contribution in [0, 0.1) is 17.1 Å². The van der Waals surface area contributed by atoms with Gasteiger partial charge in [-0.3, -0.25) is 4.90 Å². The maximum Gasteiger partial charge on any atom is 0.140 e. The van der Waals surface area contributed by atoms with E-state index in [4.69, 9.17) is 5.26 Å². The van der Waals surface area contributed by atoms with E-state index in [1.807, 2.05) is 6.07 Å². The van der Waals surface area contributed by atoms with Crippen molar-refractivity contribution in [3.05, 3.63) is 35.1 Å². The molecule has 3 rings (SSSR count). The molecule has 4 heteroatoms. The molecule has 0 spiro atoms. The van der Waals surface area contributed by atoms with Gasteiger partial charge in [0, 0.05) is 25.2 Å². The fourth-order valence-corrected chi connectivity index (χ4v) is 3.14. The van der Waals surface area contributed by atoms with Gasteiger partial charge in [-0.25, -0.2) is 4.39 Å². The number of nitriles is 1. The van der Waals surface area contributed by atoms with E-state index in [-0.39, 0.29) is 5.56 Å². The molecular weight excluding hydrogens is 265 g/mol. The first-order chi connectivity index (χ1) is 10.3. The second kappa shape index (κ2) is 6.55. The van der Waals surface area contributed by atoms with Crippen molar-refractivity contribution in [2.45, 2.75) is 50.7 Å². The van der Waals surface area contributed by atoms with Crippen molar-refractivity contribution in [2.75, 3.05) is 13.1 Å². The van der Waals surface area contributed by atoms with Crippen molar-refractivity contribution in [3.63, 3.8) is 0 Å². The van der Waals surface area contributed by atoms with E-state index >= 15 is 0 Å². The summed E-state index contributed by atoms with van der Waals surface area (Å²) < 4.78 is 13.4. The highest BCUT2D eigenvalue weighted by Crippen LogP contribution is 2.29. The zero-order valence-electron chi connectivity index (χ0n) is 12.3. The molecular formula is C17H22FN3. The number of halogens is 1. The van der Waals surface area contributed by atoms with Crippen LogP contribution in [0.1, 0.15) is 43.2 Å². The summed E-state index contributed by atoms with van der Waals surface area (Å²) in [4.78, 5) is 2.50. The summed E-state index contributed by atoms with van der Waals surface area (Å²) in [6, 6.07) is 8.09. The highest BCUT2D eigenvalue weighted by Gasteiger charge is 2.30. The molecule has 2 fully saturated rings. The number of nitrogens with zero attached hydrogens (tertiary/aromatic N) is 2. The molecule has 21 heavy (non-hydrogen) atoms. The Morgan fingerprint density at radius 2 is 2.14 bits per heavy atom. The van der Waals surface area contributed by atoms with Gasteiger partial charge < -0.3 is 5.32 Å². The van der Waals surface area contributed by atoms with Gasteiger partial charge in [-0.1, -0.05) is 12.5 Å². The van der Waals surface area contributed by atoms with Crippen LogP contribution in [0.15, 0.2) is 18.2 Å². The lowest BCUT2D eigenvalue weighted by atomic mass is 10.0. The number of hydrogen-bond donors (Lipinski definition) is 1. The highest BCUT2D eigenvalue weighted by atomic mass is 19.1. The van der Waals surface area contributed by atoms with Gasteiger partial charge in [-0.15, -0.1) is 0 Å². The molecule has 1 saturated heterocycles. The maximum atomic E-state index is 13.4. The van der Waals surface area contributed by atoms with Crippen molar-refractivity contribution in [1.82, 2.24) is 10.2 Å². The van der Waals surface area contributed by atoms with Gasteiger partial charge in [0.25, 0.3) is 0 Å². The van der Waals surface area contributed by atoms with Gasteiger partial charge in [0.05, 0.1) is 5.56 Å². The molecule has 1 aliphatic carbocycles. The molecule has 1 N–H and O–H groups in total. The number of rotatable bonds is 5. The van der Waals surface area contributed by atoms with Gasteiger partial charge in [-0.2, -0.15) is 5.26 Å². The third-order valence-corrected chi connectivity index (χ3v) is 4.47. The predicted octanol–water partition coefficient (Wildman–Crippen LogP) is 2.80. The van der Waals surface area contributed by atoms with Crippen LogP contribution >= 0.6 is 0 Å². The van der Waals surface area contributed by atoms with Crippen LogP contribution in [0.5, 0.6) is 0 Å². The van der Waals surface area contributed by atoms with Crippen LogP contribution in [0.3, 0.4) is 0 Å². The van der Waals surface area contributed by atoms with E-state index in [1.54, 1.807) is 12.1 Å². The number of hydrogen-bond acceptors (Lipinski definition) is 3. The summed E-state index contributed by atoms with van der Waals surface area (Å²) in [5, 5.41) is 12.5. The number of piperidine rings is 1.